The molecular formula is C19H23ClFN3O5S2. The van der Waals surface area contributed by atoms with Crippen LogP contribution in [-0.4, -0.2) is 60.5 Å². The third-order valence-corrected chi connectivity index (χ3v) is 7.99. The van der Waals surface area contributed by atoms with E-state index in [2.05, 4.69) is 10.3 Å². The molecule has 0 aromatic heterocycles. The summed E-state index contributed by atoms with van der Waals surface area (Å²) < 4.78 is 43.3. The zero-order chi connectivity index (χ0) is 23.0. The quantitative estimate of drug-likeness (QED) is 0.690. The van der Waals surface area contributed by atoms with Crippen LogP contribution in [0.15, 0.2) is 23.2 Å². The largest absolute Gasteiger partial charge is 0.444 e. The number of amidine groups is 1. The number of aliphatic imine (C=N–C) groups is 1. The molecule has 1 aromatic rings. The van der Waals surface area contributed by atoms with Crippen LogP contribution >= 0.6 is 23.4 Å². The zero-order valence-corrected chi connectivity index (χ0v) is 19.6. The molecule has 1 aromatic carbocycles. The van der Waals surface area contributed by atoms with Gasteiger partial charge in [-0.25, -0.2) is 17.6 Å². The summed E-state index contributed by atoms with van der Waals surface area (Å²) in [5.74, 6) is -1.30. The summed E-state index contributed by atoms with van der Waals surface area (Å²) in [5.41, 5.74) is -0.279. The fourth-order valence-corrected chi connectivity index (χ4v) is 7.30. The Hall–Kier alpha value is -1.85. The normalized spacial score (nSPS) is 23.6. The molecule has 0 radical (unpaired) electrons. The van der Waals surface area contributed by atoms with Crippen molar-refractivity contribution in [2.45, 2.75) is 44.1 Å². The number of sulfone groups is 1. The molecular weight excluding hydrogens is 469 g/mol. The summed E-state index contributed by atoms with van der Waals surface area (Å²) in [4.78, 5) is 29.7. The Bertz CT molecular complexity index is 1030. The first kappa shape index (κ1) is 23.8. The molecule has 2 amide bonds. The number of nitrogens with one attached hydrogen (secondary N) is 1. The predicted octanol–water partition coefficient (Wildman–Crippen LogP) is 3.00. The topological polar surface area (TPSA) is 105 Å². The number of carbonyl (C=O) groups excluding carboxylic acids is 2. The second-order valence-corrected chi connectivity index (χ2v) is 12.0. The SMILES string of the molecule is CC(C)(C)OC(=O)NCCC(=O)N=C1S[C@H]2CS(=O)(=O)C[C@@H]2N1c1ccc(Cl)c(F)c1. The molecule has 2 aliphatic rings. The number of benzene rings is 1. The van der Waals surface area contributed by atoms with E-state index in [0.29, 0.717) is 10.9 Å². The van der Waals surface area contributed by atoms with Crippen LogP contribution < -0.4 is 10.2 Å². The second kappa shape index (κ2) is 8.95. The monoisotopic (exact) mass is 491 g/mol. The van der Waals surface area contributed by atoms with E-state index in [1.165, 1.54) is 23.9 Å². The summed E-state index contributed by atoms with van der Waals surface area (Å²) in [7, 11) is -3.24. The molecule has 0 saturated carbocycles. The molecule has 2 atom stereocenters. The Labute approximate surface area is 189 Å². The molecule has 2 aliphatic heterocycles. The predicted molar refractivity (Wildman–Crippen MR) is 119 cm³/mol. The molecule has 2 heterocycles. The number of thioether (sulfide) groups is 1. The number of hydrogen-bond acceptors (Lipinski definition) is 6. The first-order valence-electron chi connectivity index (χ1n) is 9.54. The summed E-state index contributed by atoms with van der Waals surface area (Å²) in [5, 5.41) is 2.42. The molecule has 12 heteroatoms. The smallest absolute Gasteiger partial charge is 0.407 e. The third-order valence-electron chi connectivity index (χ3n) is 4.48. The van der Waals surface area contributed by atoms with Crippen molar-refractivity contribution in [2.75, 3.05) is 23.0 Å². The van der Waals surface area contributed by atoms with E-state index in [1.807, 2.05) is 0 Å². The van der Waals surface area contributed by atoms with Crippen LogP contribution in [0.4, 0.5) is 14.9 Å². The van der Waals surface area contributed by atoms with E-state index >= 15 is 0 Å². The number of nitrogens with zero attached hydrogens (tertiary/aromatic N) is 2. The second-order valence-electron chi connectivity index (χ2n) is 8.24. The van der Waals surface area contributed by atoms with Gasteiger partial charge in [0.2, 0.25) is 5.91 Å². The van der Waals surface area contributed by atoms with Crippen LogP contribution in [-0.2, 0) is 19.4 Å². The van der Waals surface area contributed by atoms with Crippen LogP contribution in [0.3, 0.4) is 0 Å². The van der Waals surface area contributed by atoms with Gasteiger partial charge in [-0.1, -0.05) is 23.4 Å². The van der Waals surface area contributed by atoms with Crippen LogP contribution in [0.25, 0.3) is 0 Å². The highest BCUT2D eigenvalue weighted by atomic mass is 35.5. The van der Waals surface area contributed by atoms with Gasteiger partial charge in [0.1, 0.15) is 11.4 Å². The highest BCUT2D eigenvalue weighted by molar-refractivity contribution is 8.16. The average Bonchev–Trinajstić information content (AvgIpc) is 3.06. The fraction of sp³-hybridized carbons (Fsp3) is 0.526. The summed E-state index contributed by atoms with van der Waals surface area (Å²) in [6, 6.07) is 3.67. The van der Waals surface area contributed by atoms with E-state index < -0.39 is 39.3 Å². The van der Waals surface area contributed by atoms with Crippen LogP contribution in [0, 0.1) is 5.82 Å². The van der Waals surface area contributed by atoms with Gasteiger partial charge in [0, 0.05) is 23.9 Å². The minimum Gasteiger partial charge on any atom is -0.444 e. The van der Waals surface area contributed by atoms with E-state index in [9.17, 15) is 22.4 Å². The van der Waals surface area contributed by atoms with Crippen molar-refractivity contribution in [3.05, 3.63) is 29.0 Å². The Kier molecular flexibility index (Phi) is 6.87. The lowest BCUT2D eigenvalue weighted by atomic mass is 10.2. The number of alkyl carbamates (subject to hydrolysis) is 1. The van der Waals surface area contributed by atoms with Crippen LogP contribution in [0.5, 0.6) is 0 Å². The van der Waals surface area contributed by atoms with Crippen molar-refractivity contribution in [1.29, 1.82) is 0 Å². The van der Waals surface area contributed by atoms with Gasteiger partial charge >= 0.3 is 6.09 Å². The maximum atomic E-state index is 14.0. The number of fused-ring (bicyclic) bond motifs is 1. The van der Waals surface area contributed by atoms with E-state index in [0.717, 1.165) is 0 Å². The van der Waals surface area contributed by atoms with Crippen molar-refractivity contribution >= 4 is 56.1 Å². The lowest BCUT2D eigenvalue weighted by Gasteiger charge is -2.24. The molecule has 1 N–H and O–H groups in total. The summed E-state index contributed by atoms with van der Waals surface area (Å²) in [6.45, 7) is 5.22. The number of hydrogen-bond donors (Lipinski definition) is 1. The van der Waals surface area contributed by atoms with Crippen LogP contribution in [0.2, 0.25) is 5.02 Å². The first-order chi connectivity index (χ1) is 14.3. The molecule has 0 spiro atoms. The molecule has 3 rings (SSSR count). The number of ether oxygens (including phenoxy) is 1. The van der Waals surface area contributed by atoms with Crippen molar-refractivity contribution in [2.24, 2.45) is 4.99 Å². The first-order valence-corrected chi connectivity index (χ1v) is 12.6. The maximum Gasteiger partial charge on any atom is 0.407 e. The van der Waals surface area contributed by atoms with Gasteiger partial charge in [0.15, 0.2) is 15.0 Å². The molecule has 8 nitrogen and oxygen atoms in total. The molecule has 31 heavy (non-hydrogen) atoms. The van der Waals surface area contributed by atoms with Gasteiger partial charge in [-0.2, -0.15) is 4.99 Å². The lowest BCUT2D eigenvalue weighted by molar-refractivity contribution is -0.117. The van der Waals surface area contributed by atoms with Gasteiger partial charge in [-0.05, 0) is 39.0 Å². The number of amides is 2. The lowest BCUT2D eigenvalue weighted by Crippen LogP contribution is -2.38. The van der Waals surface area contributed by atoms with Crippen molar-refractivity contribution in [1.82, 2.24) is 5.32 Å². The van der Waals surface area contributed by atoms with Crippen molar-refractivity contribution in [3.8, 4) is 0 Å². The van der Waals surface area contributed by atoms with Gasteiger partial charge in [-0.15, -0.1) is 0 Å². The highest BCUT2D eigenvalue weighted by Crippen LogP contribution is 2.41. The van der Waals surface area contributed by atoms with Gasteiger partial charge in [0.25, 0.3) is 0 Å². The minimum absolute atomic E-state index is 0.0337. The molecule has 0 bridgehead atoms. The number of halogens is 2. The highest BCUT2D eigenvalue weighted by Gasteiger charge is 2.49. The Balaban J connectivity index is 1.74. The molecule has 0 unspecified atom stereocenters. The van der Waals surface area contributed by atoms with Gasteiger partial charge in [0.05, 0.1) is 22.6 Å². The fourth-order valence-electron chi connectivity index (χ4n) is 3.25. The Morgan fingerprint density at radius 1 is 1.35 bits per heavy atom. The maximum absolute atomic E-state index is 14.0. The van der Waals surface area contributed by atoms with Crippen molar-refractivity contribution < 1.29 is 27.1 Å². The third kappa shape index (κ3) is 6.11. The van der Waals surface area contributed by atoms with Gasteiger partial charge < -0.3 is 15.0 Å². The standard InChI is InChI=1S/C19H23ClFN3O5S2/c1-19(2,3)29-18(26)22-7-6-16(25)23-17-24(11-4-5-12(20)13(21)8-11)14-9-31(27,28)10-15(14)30-17/h4-5,8,14-15H,6-7,9-10H2,1-3H3,(H,22,26)/t14-,15-/m0/s1. The Morgan fingerprint density at radius 3 is 2.71 bits per heavy atom. The number of rotatable bonds is 4. The van der Waals surface area contributed by atoms with E-state index in [-0.39, 0.29) is 34.7 Å². The molecule has 2 saturated heterocycles. The average molecular weight is 492 g/mol. The minimum atomic E-state index is -3.24. The molecule has 0 aliphatic carbocycles. The van der Waals surface area contributed by atoms with Crippen LogP contribution in [0.1, 0.15) is 27.2 Å². The zero-order valence-electron chi connectivity index (χ0n) is 17.2. The number of carbonyl (C=O) groups is 2. The van der Waals surface area contributed by atoms with Crippen molar-refractivity contribution in [3.63, 3.8) is 0 Å². The van der Waals surface area contributed by atoms with E-state index in [4.69, 9.17) is 16.3 Å². The van der Waals surface area contributed by atoms with Gasteiger partial charge in [-0.3, -0.25) is 4.79 Å². The summed E-state index contributed by atoms with van der Waals surface area (Å²) in [6.07, 6.45) is -0.707. The van der Waals surface area contributed by atoms with E-state index in [1.54, 1.807) is 31.7 Å². The molecule has 2 fully saturated rings. The Morgan fingerprint density at radius 2 is 2.06 bits per heavy atom. The number of anilines is 1. The summed E-state index contributed by atoms with van der Waals surface area (Å²) >= 11 is 6.94. The molecule has 170 valence electrons.